The molecule has 2 aromatic carbocycles. The smallest absolute Gasteiger partial charge is 0.226 e. The Morgan fingerprint density at radius 1 is 1.04 bits per heavy atom. The van der Waals surface area contributed by atoms with Gasteiger partial charge in [0.2, 0.25) is 5.89 Å². The Morgan fingerprint density at radius 2 is 1.85 bits per heavy atom. The number of nitrogens with zero attached hydrogens (tertiary/aromatic N) is 2. The monoisotopic (exact) mass is 360 g/mol. The molecule has 5 nitrogen and oxygen atoms in total. The van der Waals surface area contributed by atoms with Gasteiger partial charge in [0.15, 0.2) is 5.58 Å². The molecule has 0 saturated carbocycles. The Kier molecular flexibility index (Phi) is 4.75. The van der Waals surface area contributed by atoms with Crippen molar-refractivity contribution in [2.45, 2.75) is 19.8 Å². The fraction of sp³-hybridized carbons (Fsp3) is 0.182. The van der Waals surface area contributed by atoms with E-state index in [0.29, 0.717) is 5.89 Å². The van der Waals surface area contributed by atoms with Crippen LogP contribution in [0, 0.1) is 6.92 Å². The van der Waals surface area contributed by atoms with E-state index in [-0.39, 0.29) is 0 Å². The summed E-state index contributed by atoms with van der Waals surface area (Å²) in [6.45, 7) is 1.95. The Labute approximate surface area is 157 Å². The summed E-state index contributed by atoms with van der Waals surface area (Å²) in [5.74, 6) is 1.50. The average Bonchev–Trinajstić information content (AvgIpc) is 3.28. The topological polar surface area (TPSA) is 61.3 Å². The van der Waals surface area contributed by atoms with Crippen LogP contribution in [0.15, 0.2) is 63.7 Å². The average molecular weight is 360 g/mol. The lowest BCUT2D eigenvalue weighted by molar-refractivity contribution is 0.341. The number of benzene rings is 2. The molecule has 2 aromatic heterocycles. The summed E-state index contributed by atoms with van der Waals surface area (Å²) >= 11 is 0. The fourth-order valence-electron chi connectivity index (χ4n) is 3.04. The van der Waals surface area contributed by atoms with Crippen molar-refractivity contribution in [2.75, 3.05) is 7.11 Å². The van der Waals surface area contributed by atoms with Crippen LogP contribution in [-0.4, -0.2) is 17.3 Å². The lowest BCUT2D eigenvalue weighted by Crippen LogP contribution is -1.94. The van der Waals surface area contributed by atoms with Gasteiger partial charge in [-0.25, -0.2) is 4.98 Å². The third-order valence-corrected chi connectivity index (χ3v) is 4.48. The second-order valence-corrected chi connectivity index (χ2v) is 6.31. The fourth-order valence-corrected chi connectivity index (χ4v) is 3.04. The zero-order chi connectivity index (χ0) is 18.6. The molecule has 0 bridgehead atoms. The van der Waals surface area contributed by atoms with Crippen molar-refractivity contribution in [1.82, 2.24) is 10.1 Å². The first kappa shape index (κ1) is 17.1. The third kappa shape index (κ3) is 3.62. The van der Waals surface area contributed by atoms with Crippen molar-refractivity contribution >= 4 is 17.0 Å². The number of aromatic nitrogens is 2. The molecule has 0 unspecified atom stereocenters. The van der Waals surface area contributed by atoms with E-state index in [0.717, 1.165) is 52.1 Å². The molecule has 0 aliphatic carbocycles. The van der Waals surface area contributed by atoms with E-state index in [1.165, 1.54) is 0 Å². The highest BCUT2D eigenvalue weighted by molar-refractivity contribution is 5.81. The molecule has 4 rings (SSSR count). The van der Waals surface area contributed by atoms with E-state index in [1.807, 2.05) is 61.5 Å². The Hall–Kier alpha value is -3.34. The van der Waals surface area contributed by atoms with E-state index in [9.17, 15) is 0 Å². The van der Waals surface area contributed by atoms with Crippen LogP contribution in [0.4, 0.5) is 0 Å². The molecule has 0 spiro atoms. The molecule has 0 radical (unpaired) electrons. The normalized spacial score (nSPS) is 11.5. The van der Waals surface area contributed by atoms with Crippen molar-refractivity contribution < 1.29 is 13.7 Å². The maximum absolute atomic E-state index is 5.84. The van der Waals surface area contributed by atoms with Crippen LogP contribution in [0.1, 0.15) is 22.7 Å². The number of hydrogen-bond acceptors (Lipinski definition) is 5. The first-order chi connectivity index (χ1) is 13.2. The Morgan fingerprint density at radius 3 is 2.67 bits per heavy atom. The predicted molar refractivity (Wildman–Crippen MR) is 104 cm³/mol. The zero-order valence-electron chi connectivity index (χ0n) is 15.3. The number of methoxy groups -OCH3 is 1. The van der Waals surface area contributed by atoms with Gasteiger partial charge in [-0.2, -0.15) is 0 Å². The molecule has 27 heavy (non-hydrogen) atoms. The second kappa shape index (κ2) is 7.50. The molecule has 2 heterocycles. The van der Waals surface area contributed by atoms with E-state index in [2.05, 4.69) is 10.1 Å². The Bertz CT molecular complexity index is 1080. The molecule has 0 aliphatic rings. The predicted octanol–water partition coefficient (Wildman–Crippen LogP) is 5.19. The quantitative estimate of drug-likeness (QED) is 0.443. The van der Waals surface area contributed by atoms with Crippen molar-refractivity contribution in [2.24, 2.45) is 0 Å². The first-order valence-electron chi connectivity index (χ1n) is 8.84. The lowest BCUT2D eigenvalue weighted by Gasteiger charge is -1.97. The number of aryl methyl sites for hydroxylation is 3. The number of fused-ring (bicyclic) bond motifs is 1. The molecule has 0 saturated heterocycles. The molecule has 0 amide bonds. The maximum atomic E-state index is 5.84. The highest BCUT2D eigenvalue weighted by atomic mass is 16.5. The number of oxazole rings is 1. The Balaban J connectivity index is 1.52. The van der Waals surface area contributed by atoms with E-state index >= 15 is 0 Å². The van der Waals surface area contributed by atoms with Crippen LogP contribution in [0.2, 0.25) is 0 Å². The minimum Gasteiger partial charge on any atom is -0.504 e. The van der Waals surface area contributed by atoms with Gasteiger partial charge in [-0.3, -0.25) is 0 Å². The van der Waals surface area contributed by atoms with Gasteiger partial charge in [-0.05, 0) is 55.7 Å². The second-order valence-electron chi connectivity index (χ2n) is 6.31. The first-order valence-corrected chi connectivity index (χ1v) is 8.84. The van der Waals surface area contributed by atoms with Crippen LogP contribution in [0.5, 0.6) is 0 Å². The molecule has 0 fully saturated rings. The van der Waals surface area contributed by atoms with Gasteiger partial charge >= 0.3 is 0 Å². The number of hydrogen-bond donors (Lipinski definition) is 0. The van der Waals surface area contributed by atoms with Crippen LogP contribution < -0.4 is 0 Å². The van der Waals surface area contributed by atoms with Crippen molar-refractivity contribution in [3.05, 3.63) is 77.5 Å². The summed E-state index contributed by atoms with van der Waals surface area (Å²) < 4.78 is 16.3. The van der Waals surface area contributed by atoms with E-state index in [1.54, 1.807) is 13.4 Å². The standard InChI is InChI=1S/C22H20N2O3/c1-15-19(23-22(26-15)17-6-4-3-5-7-17)10-11-20-18-9-8-16(12-13-25-2)14-21(18)27-24-20/h3-9,12-14H,10-11H2,1-2H3. The molecular weight excluding hydrogens is 340 g/mol. The summed E-state index contributed by atoms with van der Waals surface area (Å²) in [5, 5.41) is 5.26. The lowest BCUT2D eigenvalue weighted by atomic mass is 10.1. The van der Waals surface area contributed by atoms with Gasteiger partial charge in [0, 0.05) is 10.9 Å². The van der Waals surface area contributed by atoms with E-state index in [4.69, 9.17) is 13.7 Å². The summed E-state index contributed by atoms with van der Waals surface area (Å²) in [7, 11) is 1.62. The van der Waals surface area contributed by atoms with Gasteiger partial charge in [0.05, 0.1) is 24.8 Å². The minimum atomic E-state index is 0.655. The van der Waals surface area contributed by atoms with Gasteiger partial charge in [-0.15, -0.1) is 0 Å². The minimum absolute atomic E-state index is 0.655. The number of rotatable bonds is 6. The van der Waals surface area contributed by atoms with Crippen LogP contribution in [0.3, 0.4) is 0 Å². The largest absolute Gasteiger partial charge is 0.504 e. The summed E-state index contributed by atoms with van der Waals surface area (Å²) in [4.78, 5) is 4.66. The zero-order valence-corrected chi connectivity index (χ0v) is 15.3. The molecule has 0 atom stereocenters. The highest BCUT2D eigenvalue weighted by Crippen LogP contribution is 2.25. The van der Waals surface area contributed by atoms with Crippen LogP contribution in [0.25, 0.3) is 28.5 Å². The van der Waals surface area contributed by atoms with Gasteiger partial charge in [0.25, 0.3) is 0 Å². The van der Waals surface area contributed by atoms with Crippen molar-refractivity contribution in [1.29, 1.82) is 0 Å². The molecule has 0 aliphatic heterocycles. The molecule has 136 valence electrons. The molecular formula is C22H20N2O3. The molecule has 4 aromatic rings. The third-order valence-electron chi connectivity index (χ3n) is 4.48. The SMILES string of the molecule is COC=Cc1ccc2c(CCc3nc(-c4ccccc4)oc3C)noc2c1. The van der Waals surface area contributed by atoms with E-state index < -0.39 is 0 Å². The maximum Gasteiger partial charge on any atom is 0.226 e. The molecule has 5 heteroatoms. The summed E-state index contributed by atoms with van der Waals surface area (Å²) in [6.07, 6.45) is 5.00. The van der Waals surface area contributed by atoms with Crippen LogP contribution >= 0.6 is 0 Å². The van der Waals surface area contributed by atoms with Crippen LogP contribution in [-0.2, 0) is 17.6 Å². The van der Waals surface area contributed by atoms with Gasteiger partial charge < -0.3 is 13.7 Å². The highest BCUT2D eigenvalue weighted by Gasteiger charge is 2.14. The summed E-state index contributed by atoms with van der Waals surface area (Å²) in [5.41, 5.74) is 4.63. The molecule has 0 N–H and O–H groups in total. The van der Waals surface area contributed by atoms with Crippen molar-refractivity contribution in [3.63, 3.8) is 0 Å². The summed E-state index contributed by atoms with van der Waals surface area (Å²) in [6, 6.07) is 15.9. The van der Waals surface area contributed by atoms with Crippen molar-refractivity contribution in [3.8, 4) is 11.5 Å². The van der Waals surface area contributed by atoms with Gasteiger partial charge in [0.1, 0.15) is 5.76 Å². The number of ether oxygens (including phenoxy) is 1. The van der Waals surface area contributed by atoms with Gasteiger partial charge in [-0.1, -0.05) is 29.4 Å².